The maximum Gasteiger partial charge on any atom is 0.268 e. The Balaban J connectivity index is 1.83. The summed E-state index contributed by atoms with van der Waals surface area (Å²) in [6.07, 6.45) is 0.344. The van der Waals surface area contributed by atoms with Crippen LogP contribution in [0.5, 0.6) is 5.75 Å². The highest BCUT2D eigenvalue weighted by Gasteiger charge is 2.28. The molecule has 0 spiro atoms. The van der Waals surface area contributed by atoms with Crippen molar-refractivity contribution in [3.8, 4) is 5.75 Å². The van der Waals surface area contributed by atoms with Gasteiger partial charge in [-0.25, -0.2) is 0 Å². The maximum atomic E-state index is 13.1. The maximum absolute atomic E-state index is 13.1. The molecule has 0 bridgehead atoms. The molecular weight excluding hydrogens is 368 g/mol. The predicted octanol–water partition coefficient (Wildman–Crippen LogP) is 3.39. The summed E-state index contributed by atoms with van der Waals surface area (Å²) in [4.78, 5) is 15.0. The second-order valence-corrected chi connectivity index (χ2v) is 6.71. The molecule has 0 saturated carbocycles. The van der Waals surface area contributed by atoms with Crippen molar-refractivity contribution >= 4 is 21.8 Å². The summed E-state index contributed by atoms with van der Waals surface area (Å²) in [6, 6.07) is 17.3. The van der Waals surface area contributed by atoms with Crippen LogP contribution < -0.4 is 10.1 Å². The molecule has 1 fully saturated rings. The zero-order valence-electron chi connectivity index (χ0n) is 13.5. The molecule has 126 valence electrons. The van der Waals surface area contributed by atoms with Gasteiger partial charge in [-0.2, -0.15) is 0 Å². The average Bonchev–Trinajstić information content (AvgIpc) is 2.91. The molecule has 4 nitrogen and oxygen atoms in total. The number of benzene rings is 2. The van der Waals surface area contributed by atoms with Crippen molar-refractivity contribution in [1.29, 1.82) is 0 Å². The molecule has 1 saturated heterocycles. The van der Waals surface area contributed by atoms with Gasteiger partial charge in [-0.15, -0.1) is 0 Å². The van der Waals surface area contributed by atoms with Gasteiger partial charge in [0.2, 0.25) is 6.10 Å². The second kappa shape index (κ2) is 8.31. The van der Waals surface area contributed by atoms with Crippen LogP contribution in [-0.4, -0.2) is 37.0 Å². The summed E-state index contributed by atoms with van der Waals surface area (Å²) < 4.78 is 7.06. The normalized spacial score (nSPS) is 16.3. The van der Waals surface area contributed by atoms with E-state index in [0.29, 0.717) is 12.3 Å². The average molecular weight is 389 g/mol. The van der Waals surface area contributed by atoms with Crippen LogP contribution >= 0.6 is 15.9 Å². The molecule has 0 aliphatic carbocycles. The summed E-state index contributed by atoms with van der Waals surface area (Å²) in [5.41, 5.74) is 0.877. The van der Waals surface area contributed by atoms with Gasteiger partial charge < -0.3 is 15.0 Å². The van der Waals surface area contributed by atoms with Crippen LogP contribution in [0.4, 0.5) is 0 Å². The lowest BCUT2D eigenvalue weighted by Crippen LogP contribution is -2.39. The van der Waals surface area contributed by atoms with E-state index in [1.165, 1.54) is 0 Å². The van der Waals surface area contributed by atoms with E-state index < -0.39 is 6.10 Å². The molecule has 3 rings (SSSR count). The molecule has 24 heavy (non-hydrogen) atoms. The molecule has 0 radical (unpaired) electrons. The topological polar surface area (TPSA) is 41.6 Å². The van der Waals surface area contributed by atoms with Gasteiger partial charge in [0, 0.05) is 29.7 Å². The molecule has 1 atom stereocenters. The van der Waals surface area contributed by atoms with Gasteiger partial charge in [-0.1, -0.05) is 46.3 Å². The molecule has 2 aromatic rings. The molecule has 1 N–H and O–H groups in total. The highest BCUT2D eigenvalue weighted by molar-refractivity contribution is 9.10. The molecule has 1 unspecified atom stereocenters. The Bertz CT molecular complexity index is 653. The van der Waals surface area contributed by atoms with Gasteiger partial charge in [-0.05, 0) is 37.2 Å². The first-order valence-electron chi connectivity index (χ1n) is 8.21. The minimum absolute atomic E-state index is 0.0211. The van der Waals surface area contributed by atoms with Crippen molar-refractivity contribution in [3.63, 3.8) is 0 Å². The number of carbonyl (C=O) groups excluding carboxylic acids is 1. The number of rotatable bonds is 4. The number of hydrogen-bond donors (Lipinski definition) is 1. The Morgan fingerprint density at radius 2 is 1.79 bits per heavy atom. The number of ether oxygens (including phenoxy) is 1. The minimum Gasteiger partial charge on any atom is -0.476 e. The molecule has 1 aliphatic heterocycles. The van der Waals surface area contributed by atoms with Gasteiger partial charge in [0.05, 0.1) is 0 Å². The van der Waals surface area contributed by atoms with Crippen molar-refractivity contribution in [2.45, 2.75) is 12.5 Å². The van der Waals surface area contributed by atoms with Crippen LogP contribution in [0.2, 0.25) is 0 Å². The van der Waals surface area contributed by atoms with Crippen LogP contribution in [0, 0.1) is 0 Å². The Morgan fingerprint density at radius 1 is 1.04 bits per heavy atom. The Hall–Kier alpha value is -1.85. The van der Waals surface area contributed by atoms with Gasteiger partial charge in [0.1, 0.15) is 5.75 Å². The SMILES string of the molecule is O=C(C(Oc1ccc(Br)cc1)c1ccccc1)N1CCCNCC1. The third kappa shape index (κ3) is 4.36. The van der Waals surface area contributed by atoms with E-state index in [2.05, 4.69) is 21.2 Å². The number of nitrogens with one attached hydrogen (secondary N) is 1. The molecule has 1 heterocycles. The highest BCUT2D eigenvalue weighted by Crippen LogP contribution is 2.25. The van der Waals surface area contributed by atoms with E-state index in [-0.39, 0.29) is 5.91 Å². The summed E-state index contributed by atoms with van der Waals surface area (Å²) in [5, 5.41) is 3.33. The van der Waals surface area contributed by atoms with Crippen molar-refractivity contribution in [2.24, 2.45) is 0 Å². The van der Waals surface area contributed by atoms with Gasteiger partial charge in [-0.3, -0.25) is 4.79 Å². The smallest absolute Gasteiger partial charge is 0.268 e. The highest BCUT2D eigenvalue weighted by atomic mass is 79.9. The first-order chi connectivity index (χ1) is 11.7. The fourth-order valence-electron chi connectivity index (χ4n) is 2.77. The van der Waals surface area contributed by atoms with Crippen molar-refractivity contribution < 1.29 is 9.53 Å². The van der Waals surface area contributed by atoms with Crippen molar-refractivity contribution in [2.75, 3.05) is 26.2 Å². The third-order valence-electron chi connectivity index (χ3n) is 4.05. The predicted molar refractivity (Wildman–Crippen MR) is 98.0 cm³/mol. The van der Waals surface area contributed by atoms with Crippen molar-refractivity contribution in [1.82, 2.24) is 10.2 Å². The molecular formula is C19H21BrN2O2. The molecule has 1 aliphatic rings. The van der Waals surface area contributed by atoms with Crippen LogP contribution in [0.1, 0.15) is 18.1 Å². The fourth-order valence-corrected chi connectivity index (χ4v) is 3.03. The molecule has 1 amide bonds. The summed E-state index contributed by atoms with van der Waals surface area (Å²) in [5.74, 6) is 0.709. The fraction of sp³-hybridized carbons (Fsp3) is 0.316. The standard InChI is InChI=1S/C19H21BrN2O2/c20-16-7-9-17(10-8-16)24-18(15-5-2-1-3-6-15)19(23)22-13-4-11-21-12-14-22/h1-3,5-10,18,21H,4,11-14H2. The first-order valence-corrected chi connectivity index (χ1v) is 9.00. The van der Waals surface area contributed by atoms with E-state index >= 15 is 0 Å². The summed E-state index contributed by atoms with van der Waals surface area (Å²) in [7, 11) is 0. The summed E-state index contributed by atoms with van der Waals surface area (Å²) >= 11 is 3.42. The van der Waals surface area contributed by atoms with Crippen LogP contribution in [0.25, 0.3) is 0 Å². The number of halogens is 1. The van der Waals surface area contributed by atoms with E-state index in [0.717, 1.165) is 36.1 Å². The lowest BCUT2D eigenvalue weighted by Gasteiger charge is -2.26. The van der Waals surface area contributed by atoms with Crippen LogP contribution in [-0.2, 0) is 4.79 Å². The first kappa shape index (κ1) is 17.0. The Morgan fingerprint density at radius 3 is 2.54 bits per heavy atom. The van der Waals surface area contributed by atoms with E-state index in [4.69, 9.17) is 4.74 Å². The molecule has 2 aromatic carbocycles. The van der Waals surface area contributed by atoms with Gasteiger partial charge >= 0.3 is 0 Å². The third-order valence-corrected chi connectivity index (χ3v) is 4.57. The molecule has 5 heteroatoms. The number of hydrogen-bond acceptors (Lipinski definition) is 3. The quantitative estimate of drug-likeness (QED) is 0.872. The van der Waals surface area contributed by atoms with Gasteiger partial charge in [0.25, 0.3) is 5.91 Å². The zero-order chi connectivity index (χ0) is 16.8. The second-order valence-electron chi connectivity index (χ2n) is 5.79. The number of nitrogens with zero attached hydrogens (tertiary/aromatic N) is 1. The van der Waals surface area contributed by atoms with Crippen molar-refractivity contribution in [3.05, 3.63) is 64.6 Å². The lowest BCUT2D eigenvalue weighted by molar-refractivity contribution is -0.138. The lowest BCUT2D eigenvalue weighted by atomic mass is 10.1. The van der Waals surface area contributed by atoms with Gasteiger partial charge in [0.15, 0.2) is 0 Å². The monoisotopic (exact) mass is 388 g/mol. The van der Waals surface area contributed by atoms with E-state index in [9.17, 15) is 4.79 Å². The minimum atomic E-state index is -0.620. The summed E-state index contributed by atoms with van der Waals surface area (Å²) in [6.45, 7) is 3.25. The molecule has 0 aromatic heterocycles. The largest absolute Gasteiger partial charge is 0.476 e. The Kier molecular flexibility index (Phi) is 5.88. The number of amides is 1. The van der Waals surface area contributed by atoms with Crippen LogP contribution in [0.15, 0.2) is 59.1 Å². The Labute approximate surface area is 150 Å². The van der Waals surface area contributed by atoms with Crippen LogP contribution in [0.3, 0.4) is 0 Å². The van der Waals surface area contributed by atoms with E-state index in [1.807, 2.05) is 59.5 Å². The number of carbonyl (C=O) groups is 1. The van der Waals surface area contributed by atoms with E-state index in [1.54, 1.807) is 0 Å². The zero-order valence-corrected chi connectivity index (χ0v) is 15.0.